The highest BCUT2D eigenvalue weighted by Gasteiger charge is 2.07. The van der Waals surface area contributed by atoms with E-state index in [-0.39, 0.29) is 6.61 Å². The highest BCUT2D eigenvalue weighted by molar-refractivity contribution is 5.35. The van der Waals surface area contributed by atoms with E-state index in [9.17, 15) is 0 Å². The average Bonchev–Trinajstić information content (AvgIpc) is 2.66. The van der Waals surface area contributed by atoms with Gasteiger partial charge in [0.1, 0.15) is 5.82 Å². The second-order valence-electron chi connectivity index (χ2n) is 4.77. The zero-order chi connectivity index (χ0) is 13.1. The van der Waals surface area contributed by atoms with Gasteiger partial charge in [0.15, 0.2) is 0 Å². The normalized spacial score (nSPS) is 10.9. The number of hydrogen-bond donors (Lipinski definition) is 1. The lowest BCUT2D eigenvalue weighted by molar-refractivity contribution is 0.288. The molecule has 3 heteroatoms. The standard InChI is InChI=1S/C15H20N2O/c1-11-9-14(5-4-8-18)16-15(10-11)17-12(2)6-7-13(17)3/h6-7,9-10,18H,4-5,8H2,1-3H3. The summed E-state index contributed by atoms with van der Waals surface area (Å²) in [6, 6.07) is 8.40. The Morgan fingerprint density at radius 3 is 2.39 bits per heavy atom. The molecule has 0 radical (unpaired) electrons. The summed E-state index contributed by atoms with van der Waals surface area (Å²) in [5.74, 6) is 0.975. The summed E-state index contributed by atoms with van der Waals surface area (Å²) < 4.78 is 2.16. The Hall–Kier alpha value is -1.61. The molecule has 0 saturated carbocycles. The van der Waals surface area contributed by atoms with Gasteiger partial charge in [-0.05, 0) is 63.4 Å². The highest BCUT2D eigenvalue weighted by Crippen LogP contribution is 2.17. The van der Waals surface area contributed by atoms with Gasteiger partial charge in [-0.3, -0.25) is 0 Å². The molecule has 0 spiro atoms. The summed E-state index contributed by atoms with van der Waals surface area (Å²) in [6.45, 7) is 6.48. The van der Waals surface area contributed by atoms with Gasteiger partial charge < -0.3 is 9.67 Å². The summed E-state index contributed by atoms with van der Waals surface area (Å²) in [7, 11) is 0. The van der Waals surface area contributed by atoms with Crippen LogP contribution in [0.1, 0.15) is 29.1 Å². The minimum atomic E-state index is 0.215. The van der Waals surface area contributed by atoms with E-state index >= 15 is 0 Å². The summed E-state index contributed by atoms with van der Waals surface area (Å²) in [5.41, 5.74) is 4.64. The van der Waals surface area contributed by atoms with Crippen LogP contribution in [0, 0.1) is 20.8 Å². The number of aromatic nitrogens is 2. The van der Waals surface area contributed by atoms with E-state index in [1.807, 2.05) is 0 Å². The van der Waals surface area contributed by atoms with Crippen molar-refractivity contribution in [2.24, 2.45) is 0 Å². The third-order valence-corrected chi connectivity index (χ3v) is 3.10. The third kappa shape index (κ3) is 2.62. The number of aliphatic hydroxyl groups is 1. The van der Waals surface area contributed by atoms with Crippen molar-refractivity contribution in [2.45, 2.75) is 33.6 Å². The van der Waals surface area contributed by atoms with Crippen molar-refractivity contribution in [2.75, 3.05) is 6.61 Å². The summed E-state index contributed by atoms with van der Waals surface area (Å²) in [6.07, 6.45) is 1.59. The van der Waals surface area contributed by atoms with Crippen LogP contribution in [0.2, 0.25) is 0 Å². The zero-order valence-corrected chi connectivity index (χ0v) is 11.3. The second-order valence-corrected chi connectivity index (χ2v) is 4.77. The van der Waals surface area contributed by atoms with Gasteiger partial charge >= 0.3 is 0 Å². The van der Waals surface area contributed by atoms with E-state index in [1.165, 1.54) is 17.0 Å². The quantitative estimate of drug-likeness (QED) is 0.898. The molecule has 0 aromatic carbocycles. The number of aliphatic hydroxyl groups excluding tert-OH is 1. The minimum Gasteiger partial charge on any atom is -0.396 e. The van der Waals surface area contributed by atoms with Crippen LogP contribution in [0.15, 0.2) is 24.3 Å². The van der Waals surface area contributed by atoms with E-state index in [2.05, 4.69) is 54.6 Å². The minimum absolute atomic E-state index is 0.215. The van der Waals surface area contributed by atoms with E-state index in [0.717, 1.165) is 24.4 Å². The van der Waals surface area contributed by atoms with Crippen molar-refractivity contribution >= 4 is 0 Å². The Morgan fingerprint density at radius 1 is 1.11 bits per heavy atom. The Labute approximate surface area is 108 Å². The molecule has 2 aromatic heterocycles. The van der Waals surface area contributed by atoms with Gasteiger partial charge in [-0.2, -0.15) is 0 Å². The van der Waals surface area contributed by atoms with Crippen molar-refractivity contribution in [3.05, 3.63) is 46.9 Å². The van der Waals surface area contributed by atoms with Gasteiger partial charge in [0, 0.05) is 23.7 Å². The monoisotopic (exact) mass is 244 g/mol. The van der Waals surface area contributed by atoms with Crippen molar-refractivity contribution in [3.8, 4) is 5.82 Å². The number of nitrogens with zero attached hydrogens (tertiary/aromatic N) is 2. The summed E-state index contributed by atoms with van der Waals surface area (Å²) >= 11 is 0. The van der Waals surface area contributed by atoms with Crippen molar-refractivity contribution in [1.82, 2.24) is 9.55 Å². The lowest BCUT2D eigenvalue weighted by atomic mass is 10.1. The molecule has 0 aliphatic heterocycles. The molecule has 0 unspecified atom stereocenters. The van der Waals surface area contributed by atoms with Gasteiger partial charge in [-0.25, -0.2) is 4.98 Å². The average molecular weight is 244 g/mol. The molecule has 0 saturated heterocycles. The molecule has 0 atom stereocenters. The number of rotatable bonds is 4. The first-order valence-electron chi connectivity index (χ1n) is 6.35. The SMILES string of the molecule is Cc1cc(CCCO)nc(-n2c(C)ccc2C)c1. The van der Waals surface area contributed by atoms with Crippen LogP contribution in [-0.2, 0) is 6.42 Å². The molecule has 0 fully saturated rings. The smallest absolute Gasteiger partial charge is 0.137 e. The first-order chi connectivity index (χ1) is 8.61. The lowest BCUT2D eigenvalue weighted by Gasteiger charge is -2.11. The summed E-state index contributed by atoms with van der Waals surface area (Å²) in [4.78, 5) is 4.69. The maximum absolute atomic E-state index is 8.91. The highest BCUT2D eigenvalue weighted by atomic mass is 16.2. The maximum Gasteiger partial charge on any atom is 0.137 e. The number of pyridine rings is 1. The molecule has 1 N–H and O–H groups in total. The largest absolute Gasteiger partial charge is 0.396 e. The predicted molar refractivity (Wildman–Crippen MR) is 73.2 cm³/mol. The van der Waals surface area contributed by atoms with Crippen LogP contribution < -0.4 is 0 Å². The van der Waals surface area contributed by atoms with Crippen molar-refractivity contribution < 1.29 is 5.11 Å². The van der Waals surface area contributed by atoms with E-state index in [1.54, 1.807) is 0 Å². The molecule has 96 valence electrons. The predicted octanol–water partition coefficient (Wildman–Crippen LogP) is 2.72. The molecular weight excluding hydrogens is 224 g/mol. The topological polar surface area (TPSA) is 38.1 Å². The molecule has 0 amide bonds. The van der Waals surface area contributed by atoms with Crippen LogP contribution in [0.5, 0.6) is 0 Å². The Kier molecular flexibility index (Phi) is 3.82. The molecule has 0 bridgehead atoms. The van der Waals surface area contributed by atoms with E-state index in [0.29, 0.717) is 0 Å². The Balaban J connectivity index is 2.42. The first kappa shape index (κ1) is 12.8. The molecular formula is C15H20N2O. The zero-order valence-electron chi connectivity index (χ0n) is 11.3. The Bertz CT molecular complexity index is 524. The van der Waals surface area contributed by atoms with Gasteiger partial charge in [0.25, 0.3) is 0 Å². The van der Waals surface area contributed by atoms with Gasteiger partial charge in [-0.1, -0.05) is 0 Å². The molecule has 0 aliphatic carbocycles. The second kappa shape index (κ2) is 5.36. The van der Waals surface area contributed by atoms with Crippen LogP contribution in [-0.4, -0.2) is 21.3 Å². The van der Waals surface area contributed by atoms with Gasteiger partial charge in [-0.15, -0.1) is 0 Å². The first-order valence-corrected chi connectivity index (χ1v) is 6.35. The molecule has 3 nitrogen and oxygen atoms in total. The van der Waals surface area contributed by atoms with Gasteiger partial charge in [0.05, 0.1) is 0 Å². The van der Waals surface area contributed by atoms with Crippen molar-refractivity contribution in [3.63, 3.8) is 0 Å². The maximum atomic E-state index is 8.91. The molecule has 18 heavy (non-hydrogen) atoms. The lowest BCUT2D eigenvalue weighted by Crippen LogP contribution is -2.05. The van der Waals surface area contributed by atoms with Crippen LogP contribution in [0.25, 0.3) is 5.82 Å². The fourth-order valence-electron chi connectivity index (χ4n) is 2.25. The molecule has 2 aromatic rings. The number of hydrogen-bond acceptors (Lipinski definition) is 2. The molecule has 2 rings (SSSR count). The fourth-order valence-corrected chi connectivity index (χ4v) is 2.25. The summed E-state index contributed by atoms with van der Waals surface area (Å²) in [5, 5.41) is 8.91. The Morgan fingerprint density at radius 2 is 1.78 bits per heavy atom. The van der Waals surface area contributed by atoms with E-state index in [4.69, 9.17) is 5.11 Å². The molecule has 2 heterocycles. The third-order valence-electron chi connectivity index (χ3n) is 3.10. The van der Waals surface area contributed by atoms with E-state index < -0.39 is 0 Å². The number of aryl methyl sites for hydroxylation is 4. The van der Waals surface area contributed by atoms with Crippen molar-refractivity contribution in [1.29, 1.82) is 0 Å². The fraction of sp³-hybridized carbons (Fsp3) is 0.400. The molecule has 0 aliphatic rings. The van der Waals surface area contributed by atoms with Crippen LogP contribution >= 0.6 is 0 Å². The van der Waals surface area contributed by atoms with Gasteiger partial charge in [0.2, 0.25) is 0 Å². The van der Waals surface area contributed by atoms with Crippen LogP contribution in [0.3, 0.4) is 0 Å². The van der Waals surface area contributed by atoms with Crippen LogP contribution in [0.4, 0.5) is 0 Å².